The molecule has 1 aromatic rings. The molecule has 0 saturated heterocycles. The molecule has 0 N–H and O–H groups in total. The summed E-state index contributed by atoms with van der Waals surface area (Å²) in [7, 11) is 1.70. The van der Waals surface area contributed by atoms with Crippen molar-refractivity contribution >= 4 is 23.7 Å². The van der Waals surface area contributed by atoms with Crippen LogP contribution in [0, 0.1) is 0 Å². The molecule has 1 aromatic heterocycles. The molecule has 1 heterocycles. The van der Waals surface area contributed by atoms with Crippen molar-refractivity contribution in [1.82, 2.24) is 9.27 Å². The van der Waals surface area contributed by atoms with Gasteiger partial charge in [-0.25, -0.2) is 4.79 Å². The summed E-state index contributed by atoms with van der Waals surface area (Å²) in [4.78, 5) is 14.2. The molecule has 1 amide bonds. The third-order valence-corrected chi connectivity index (χ3v) is 2.70. The van der Waals surface area contributed by atoms with Gasteiger partial charge < -0.3 is 9.64 Å². The fourth-order valence-corrected chi connectivity index (χ4v) is 1.74. The van der Waals surface area contributed by atoms with Crippen LogP contribution in [-0.4, -0.2) is 28.0 Å². The molecule has 4 nitrogen and oxygen atoms in total. The number of carbonyl (C=O) groups is 1. The summed E-state index contributed by atoms with van der Waals surface area (Å²) in [5.41, 5.74) is 0.373. The summed E-state index contributed by atoms with van der Waals surface area (Å²) in [6, 6.07) is 1.92. The summed E-state index contributed by atoms with van der Waals surface area (Å²) in [5.74, 6) is 0. The van der Waals surface area contributed by atoms with Gasteiger partial charge in [0.15, 0.2) is 0 Å². The topological polar surface area (TPSA) is 42.4 Å². The lowest BCUT2D eigenvalue weighted by atomic mass is 10.2. The van der Waals surface area contributed by atoms with Crippen LogP contribution in [0.15, 0.2) is 12.6 Å². The van der Waals surface area contributed by atoms with Crippen LogP contribution in [0.3, 0.4) is 0 Å². The minimum absolute atomic E-state index is 0.342. The number of rotatable bonds is 3. The van der Waals surface area contributed by atoms with Gasteiger partial charge >= 0.3 is 6.09 Å². The van der Waals surface area contributed by atoms with Crippen LogP contribution >= 0.6 is 11.5 Å². The van der Waals surface area contributed by atoms with E-state index in [0.29, 0.717) is 6.54 Å². The molecule has 0 fully saturated rings. The van der Waals surface area contributed by atoms with E-state index in [-0.39, 0.29) is 6.09 Å². The Morgan fingerprint density at radius 1 is 1.65 bits per heavy atom. The average Bonchev–Trinajstić information content (AvgIpc) is 2.62. The fraction of sp³-hybridized carbons (Fsp3) is 0.500. The predicted octanol–water partition coefficient (Wildman–Crippen LogP) is 3.15. The van der Waals surface area contributed by atoms with Crippen molar-refractivity contribution in [2.45, 2.75) is 32.9 Å². The van der Waals surface area contributed by atoms with E-state index in [1.807, 2.05) is 26.8 Å². The molecule has 0 aliphatic carbocycles. The van der Waals surface area contributed by atoms with Crippen LogP contribution in [0.1, 0.15) is 31.3 Å². The van der Waals surface area contributed by atoms with Crippen molar-refractivity contribution in [3.63, 3.8) is 0 Å². The quantitative estimate of drug-likeness (QED) is 0.832. The Bertz CT molecular complexity index is 407. The van der Waals surface area contributed by atoms with E-state index in [2.05, 4.69) is 11.0 Å². The number of hydrogen-bond acceptors (Lipinski definition) is 4. The van der Waals surface area contributed by atoms with E-state index < -0.39 is 5.60 Å². The molecule has 0 spiro atoms. The maximum Gasteiger partial charge on any atom is 0.410 e. The van der Waals surface area contributed by atoms with Crippen molar-refractivity contribution in [3.05, 3.63) is 23.2 Å². The average molecular weight is 254 g/mol. The standard InChI is InChI=1S/C12H18N2O2S/c1-6-10-7-9(13-17-10)8-14(5)11(15)16-12(2,3)4/h6-7H,1,8H2,2-5H3. The highest BCUT2D eigenvalue weighted by atomic mass is 32.1. The lowest BCUT2D eigenvalue weighted by molar-refractivity contribution is 0.0283. The van der Waals surface area contributed by atoms with Crippen molar-refractivity contribution in [2.75, 3.05) is 7.05 Å². The lowest BCUT2D eigenvalue weighted by Crippen LogP contribution is -2.33. The second-order valence-electron chi connectivity index (χ2n) is 4.76. The first-order valence-corrected chi connectivity index (χ1v) is 6.11. The maximum absolute atomic E-state index is 11.7. The Kier molecular flexibility index (Phi) is 4.28. The summed E-state index contributed by atoms with van der Waals surface area (Å²) in [6.45, 7) is 9.65. The number of aromatic nitrogens is 1. The summed E-state index contributed by atoms with van der Waals surface area (Å²) in [5, 5.41) is 0. The van der Waals surface area contributed by atoms with Gasteiger partial charge in [-0.05, 0) is 38.4 Å². The maximum atomic E-state index is 11.7. The van der Waals surface area contributed by atoms with Crippen LogP contribution in [-0.2, 0) is 11.3 Å². The van der Waals surface area contributed by atoms with Gasteiger partial charge in [0.1, 0.15) is 5.60 Å². The van der Waals surface area contributed by atoms with Crippen LogP contribution in [0.25, 0.3) is 6.08 Å². The summed E-state index contributed by atoms with van der Waals surface area (Å²) >= 11 is 1.37. The molecule has 0 aliphatic rings. The van der Waals surface area contributed by atoms with Crippen molar-refractivity contribution in [3.8, 4) is 0 Å². The van der Waals surface area contributed by atoms with Gasteiger partial charge in [-0.2, -0.15) is 4.37 Å². The molecule has 0 radical (unpaired) electrons. The third kappa shape index (κ3) is 4.56. The molecule has 0 bridgehead atoms. The number of carbonyl (C=O) groups excluding carboxylic acids is 1. The second kappa shape index (κ2) is 5.31. The molecule has 1 rings (SSSR count). The number of hydrogen-bond donors (Lipinski definition) is 0. The van der Waals surface area contributed by atoms with Gasteiger partial charge in [0.2, 0.25) is 0 Å². The monoisotopic (exact) mass is 254 g/mol. The van der Waals surface area contributed by atoms with E-state index in [1.165, 1.54) is 16.4 Å². The second-order valence-corrected chi connectivity index (χ2v) is 5.60. The van der Waals surface area contributed by atoms with E-state index in [4.69, 9.17) is 4.74 Å². The van der Waals surface area contributed by atoms with Gasteiger partial charge in [0.25, 0.3) is 0 Å². The molecule has 0 saturated carbocycles. The molecule has 0 aliphatic heterocycles. The first kappa shape index (κ1) is 13.7. The molecular formula is C12H18N2O2S. The molecule has 17 heavy (non-hydrogen) atoms. The zero-order valence-corrected chi connectivity index (χ0v) is 11.5. The molecular weight excluding hydrogens is 236 g/mol. The summed E-state index contributed by atoms with van der Waals surface area (Å²) < 4.78 is 9.47. The van der Waals surface area contributed by atoms with Crippen molar-refractivity contribution in [1.29, 1.82) is 0 Å². The van der Waals surface area contributed by atoms with Gasteiger partial charge in [-0.3, -0.25) is 0 Å². The molecule has 0 unspecified atom stereocenters. The van der Waals surface area contributed by atoms with E-state index in [0.717, 1.165) is 10.6 Å². The van der Waals surface area contributed by atoms with Gasteiger partial charge in [-0.15, -0.1) is 0 Å². The highest BCUT2D eigenvalue weighted by Crippen LogP contribution is 2.14. The van der Waals surface area contributed by atoms with Gasteiger partial charge in [-0.1, -0.05) is 12.7 Å². The van der Waals surface area contributed by atoms with Crippen molar-refractivity contribution < 1.29 is 9.53 Å². The van der Waals surface area contributed by atoms with Crippen LogP contribution < -0.4 is 0 Å². The van der Waals surface area contributed by atoms with E-state index >= 15 is 0 Å². The van der Waals surface area contributed by atoms with Gasteiger partial charge in [0, 0.05) is 11.9 Å². The Hall–Kier alpha value is -1.36. The van der Waals surface area contributed by atoms with E-state index in [9.17, 15) is 4.79 Å². The normalized spacial score (nSPS) is 11.1. The summed E-state index contributed by atoms with van der Waals surface area (Å²) in [6.07, 6.45) is 1.40. The first-order valence-electron chi connectivity index (χ1n) is 5.34. The first-order chi connectivity index (χ1) is 7.81. The number of ether oxygens (including phenoxy) is 1. The molecule has 5 heteroatoms. The zero-order chi connectivity index (χ0) is 13.1. The number of nitrogens with zero attached hydrogens (tertiary/aromatic N) is 2. The minimum atomic E-state index is -0.473. The minimum Gasteiger partial charge on any atom is -0.444 e. The highest BCUT2D eigenvalue weighted by Gasteiger charge is 2.20. The third-order valence-electron chi connectivity index (χ3n) is 1.88. The lowest BCUT2D eigenvalue weighted by Gasteiger charge is -2.24. The van der Waals surface area contributed by atoms with E-state index in [1.54, 1.807) is 13.1 Å². The SMILES string of the molecule is C=Cc1cc(CN(C)C(=O)OC(C)(C)C)ns1. The Morgan fingerprint density at radius 2 is 2.29 bits per heavy atom. The number of amides is 1. The van der Waals surface area contributed by atoms with Crippen LogP contribution in [0.5, 0.6) is 0 Å². The smallest absolute Gasteiger partial charge is 0.410 e. The van der Waals surface area contributed by atoms with Crippen molar-refractivity contribution in [2.24, 2.45) is 0 Å². The molecule has 94 valence electrons. The Balaban J connectivity index is 2.56. The highest BCUT2D eigenvalue weighted by molar-refractivity contribution is 7.06. The van der Waals surface area contributed by atoms with Gasteiger partial charge in [0.05, 0.1) is 12.2 Å². The van der Waals surface area contributed by atoms with Crippen LogP contribution in [0.2, 0.25) is 0 Å². The fourth-order valence-electron chi connectivity index (χ4n) is 1.15. The zero-order valence-electron chi connectivity index (χ0n) is 10.7. The predicted molar refractivity (Wildman–Crippen MR) is 69.9 cm³/mol. The molecule has 0 atom stereocenters. The Labute approximate surface area is 106 Å². The molecule has 0 aromatic carbocycles. The largest absolute Gasteiger partial charge is 0.444 e. The Morgan fingerprint density at radius 3 is 2.76 bits per heavy atom. The van der Waals surface area contributed by atoms with Crippen LogP contribution in [0.4, 0.5) is 4.79 Å².